The van der Waals surface area contributed by atoms with Crippen molar-refractivity contribution in [1.29, 1.82) is 0 Å². The molecule has 1 atom stereocenters. The fourth-order valence-electron chi connectivity index (χ4n) is 3.09. The molecule has 1 aliphatic rings. The second-order valence-electron chi connectivity index (χ2n) is 6.37. The minimum Gasteiger partial charge on any atom is -0.336 e. The predicted octanol–water partition coefficient (Wildman–Crippen LogP) is 3.35. The normalized spacial score (nSPS) is 14.4. The molecule has 5 nitrogen and oxygen atoms in total. The summed E-state index contributed by atoms with van der Waals surface area (Å²) in [6, 6.07) is 8.03. The number of likely N-dealkylation sites (N-methyl/N-ethyl adjacent to an activating group) is 1. The lowest BCUT2D eigenvalue weighted by Crippen LogP contribution is -2.40. The van der Waals surface area contributed by atoms with Gasteiger partial charge in [0, 0.05) is 35.4 Å². The maximum Gasteiger partial charge on any atom is 0.274 e. The van der Waals surface area contributed by atoms with E-state index in [4.69, 9.17) is 10.8 Å². The van der Waals surface area contributed by atoms with E-state index in [1.165, 1.54) is 5.69 Å². The first-order chi connectivity index (χ1) is 11.5. The van der Waals surface area contributed by atoms with Crippen LogP contribution in [0.1, 0.15) is 41.5 Å². The third-order valence-corrected chi connectivity index (χ3v) is 5.31. The molecule has 0 spiro atoms. The van der Waals surface area contributed by atoms with E-state index in [1.54, 1.807) is 11.9 Å². The van der Waals surface area contributed by atoms with Crippen LogP contribution in [0.25, 0.3) is 5.69 Å². The molecule has 136 valence electrons. The number of carbonyl (C=O) groups is 1. The van der Waals surface area contributed by atoms with Gasteiger partial charge in [0.05, 0.1) is 5.69 Å². The number of carbonyl (C=O) groups excluding carboxylic acids is 1. The summed E-state index contributed by atoms with van der Waals surface area (Å²) in [5.41, 5.74) is 9.55. The smallest absolute Gasteiger partial charge is 0.274 e. The van der Waals surface area contributed by atoms with Crippen LogP contribution in [0.15, 0.2) is 28.7 Å². The molecule has 1 aliphatic carbocycles. The summed E-state index contributed by atoms with van der Waals surface area (Å²) in [5, 5.41) is 4.70. The molecule has 1 unspecified atom stereocenters. The van der Waals surface area contributed by atoms with Gasteiger partial charge in [0.15, 0.2) is 5.69 Å². The predicted molar refractivity (Wildman–Crippen MR) is 106 cm³/mol. The van der Waals surface area contributed by atoms with Crippen LogP contribution in [0.2, 0.25) is 0 Å². The molecule has 3 rings (SSSR count). The second-order valence-corrected chi connectivity index (χ2v) is 7.29. The van der Waals surface area contributed by atoms with E-state index in [0.29, 0.717) is 12.2 Å². The van der Waals surface area contributed by atoms with Gasteiger partial charge in [-0.1, -0.05) is 15.9 Å². The van der Waals surface area contributed by atoms with E-state index in [9.17, 15) is 4.79 Å². The molecule has 1 heterocycles. The Labute approximate surface area is 163 Å². The van der Waals surface area contributed by atoms with Crippen LogP contribution in [0.4, 0.5) is 0 Å². The highest BCUT2D eigenvalue weighted by atomic mass is 79.9. The highest BCUT2D eigenvalue weighted by molar-refractivity contribution is 9.10. The molecule has 0 fully saturated rings. The van der Waals surface area contributed by atoms with Crippen molar-refractivity contribution < 1.29 is 4.79 Å². The van der Waals surface area contributed by atoms with Crippen LogP contribution < -0.4 is 5.73 Å². The largest absolute Gasteiger partial charge is 0.336 e. The summed E-state index contributed by atoms with van der Waals surface area (Å²) < 4.78 is 2.97. The highest BCUT2D eigenvalue weighted by Crippen LogP contribution is 2.28. The van der Waals surface area contributed by atoms with Crippen molar-refractivity contribution in [2.24, 2.45) is 5.73 Å². The molecule has 1 aromatic carbocycles. The van der Waals surface area contributed by atoms with Crippen molar-refractivity contribution in [3.05, 3.63) is 45.7 Å². The minimum absolute atomic E-state index is 0. The molecule has 0 bridgehead atoms. The van der Waals surface area contributed by atoms with E-state index < -0.39 is 0 Å². The average molecular weight is 428 g/mol. The number of nitrogens with two attached hydrogens (primary N) is 1. The zero-order valence-corrected chi connectivity index (χ0v) is 16.9. The number of nitrogens with zero attached hydrogens (tertiary/aromatic N) is 3. The Balaban J connectivity index is 0.00000225. The van der Waals surface area contributed by atoms with Crippen molar-refractivity contribution in [2.75, 3.05) is 13.6 Å². The molecule has 1 amide bonds. The Morgan fingerprint density at radius 2 is 1.96 bits per heavy atom. The molecule has 0 saturated carbocycles. The Hall–Kier alpha value is -1.37. The van der Waals surface area contributed by atoms with Crippen LogP contribution in [-0.4, -0.2) is 40.2 Å². The zero-order chi connectivity index (χ0) is 17.3. The van der Waals surface area contributed by atoms with Crippen LogP contribution >= 0.6 is 28.3 Å². The Morgan fingerprint density at radius 3 is 2.60 bits per heavy atom. The van der Waals surface area contributed by atoms with Crippen molar-refractivity contribution in [2.45, 2.75) is 38.6 Å². The Morgan fingerprint density at radius 1 is 1.32 bits per heavy atom. The Bertz CT molecular complexity index is 744. The summed E-state index contributed by atoms with van der Waals surface area (Å²) in [6.07, 6.45) is 4.12. The quantitative estimate of drug-likeness (QED) is 0.814. The van der Waals surface area contributed by atoms with E-state index in [0.717, 1.165) is 41.4 Å². The first-order valence-electron chi connectivity index (χ1n) is 8.37. The van der Waals surface area contributed by atoms with Gasteiger partial charge >= 0.3 is 0 Å². The molecule has 2 N–H and O–H groups in total. The first kappa shape index (κ1) is 19.9. The van der Waals surface area contributed by atoms with Crippen molar-refractivity contribution in [1.82, 2.24) is 14.7 Å². The zero-order valence-electron chi connectivity index (χ0n) is 14.5. The topological polar surface area (TPSA) is 64.2 Å². The van der Waals surface area contributed by atoms with Crippen molar-refractivity contribution in [3.8, 4) is 5.69 Å². The lowest BCUT2D eigenvalue weighted by atomic mass is 9.95. The minimum atomic E-state index is -0.0399. The fraction of sp³-hybridized carbons (Fsp3) is 0.444. The average Bonchev–Trinajstić information content (AvgIpc) is 3.00. The third kappa shape index (κ3) is 3.91. The number of benzene rings is 1. The summed E-state index contributed by atoms with van der Waals surface area (Å²) >= 11 is 3.46. The van der Waals surface area contributed by atoms with E-state index in [1.807, 2.05) is 35.9 Å². The van der Waals surface area contributed by atoms with Gasteiger partial charge in [-0.15, -0.1) is 12.4 Å². The van der Waals surface area contributed by atoms with Gasteiger partial charge in [0.25, 0.3) is 5.91 Å². The highest BCUT2D eigenvalue weighted by Gasteiger charge is 2.28. The molecule has 7 heteroatoms. The van der Waals surface area contributed by atoms with Gasteiger partial charge in [-0.25, -0.2) is 4.68 Å². The van der Waals surface area contributed by atoms with Crippen LogP contribution in [0, 0.1) is 0 Å². The van der Waals surface area contributed by atoms with Gasteiger partial charge in [0.2, 0.25) is 0 Å². The van der Waals surface area contributed by atoms with Crippen molar-refractivity contribution >= 4 is 34.2 Å². The SMILES string of the molecule is CC(CN)N(C)C(=O)c1nn(-c2ccc(Br)cc2)c2c1CCCC2.Cl. The molecule has 0 saturated heterocycles. The van der Waals surface area contributed by atoms with Gasteiger partial charge in [0.1, 0.15) is 0 Å². The maximum absolute atomic E-state index is 12.9. The molecule has 1 aromatic heterocycles. The van der Waals surface area contributed by atoms with Gasteiger partial charge in [-0.05, 0) is 56.9 Å². The number of hydrogen-bond donors (Lipinski definition) is 1. The Kier molecular flexibility index (Phi) is 6.65. The molecule has 0 radical (unpaired) electrons. The molecular formula is C18H24BrClN4O. The summed E-state index contributed by atoms with van der Waals surface area (Å²) in [7, 11) is 1.80. The van der Waals surface area contributed by atoms with Crippen LogP contribution in [0.5, 0.6) is 0 Å². The van der Waals surface area contributed by atoms with E-state index in [-0.39, 0.29) is 24.4 Å². The van der Waals surface area contributed by atoms with Crippen LogP contribution in [-0.2, 0) is 12.8 Å². The number of amides is 1. The van der Waals surface area contributed by atoms with E-state index >= 15 is 0 Å². The van der Waals surface area contributed by atoms with Gasteiger partial charge < -0.3 is 10.6 Å². The maximum atomic E-state index is 12.9. The second kappa shape index (κ2) is 8.34. The number of rotatable bonds is 4. The lowest BCUT2D eigenvalue weighted by Gasteiger charge is -2.23. The number of aromatic nitrogens is 2. The number of fused-ring (bicyclic) bond motifs is 1. The number of hydrogen-bond acceptors (Lipinski definition) is 3. The van der Waals surface area contributed by atoms with Crippen molar-refractivity contribution in [3.63, 3.8) is 0 Å². The third-order valence-electron chi connectivity index (χ3n) is 4.78. The van der Waals surface area contributed by atoms with Gasteiger partial charge in [-0.2, -0.15) is 5.10 Å². The monoisotopic (exact) mass is 426 g/mol. The lowest BCUT2D eigenvalue weighted by molar-refractivity contribution is 0.0741. The molecular weight excluding hydrogens is 404 g/mol. The summed E-state index contributed by atoms with van der Waals surface area (Å²) in [6.45, 7) is 2.40. The summed E-state index contributed by atoms with van der Waals surface area (Å²) in [5.74, 6) is -0.0399. The van der Waals surface area contributed by atoms with Gasteiger partial charge in [-0.3, -0.25) is 4.79 Å². The molecule has 0 aliphatic heterocycles. The standard InChI is InChI=1S/C18H23BrN4O.ClH/c1-12(11-20)22(2)18(24)17-15-5-3-4-6-16(15)23(21-17)14-9-7-13(19)8-10-14;/h7-10,12H,3-6,11,20H2,1-2H3;1H. The summed E-state index contributed by atoms with van der Waals surface area (Å²) in [4.78, 5) is 14.6. The van der Waals surface area contributed by atoms with Crippen LogP contribution in [0.3, 0.4) is 0 Å². The fourth-order valence-corrected chi connectivity index (χ4v) is 3.36. The molecule has 2 aromatic rings. The first-order valence-corrected chi connectivity index (χ1v) is 9.16. The number of halogens is 2. The van der Waals surface area contributed by atoms with E-state index in [2.05, 4.69) is 15.9 Å². The molecule has 25 heavy (non-hydrogen) atoms.